The molecule has 0 fully saturated rings. The summed E-state index contributed by atoms with van der Waals surface area (Å²) in [5.41, 5.74) is -2.91. The van der Waals surface area contributed by atoms with Gasteiger partial charge in [0.25, 0.3) is 0 Å². The molecule has 0 aliphatic carbocycles. The van der Waals surface area contributed by atoms with Gasteiger partial charge >= 0.3 is 5.97 Å². The quantitative estimate of drug-likeness (QED) is 0.0744. The number of rotatable bonds is 29. The maximum atomic E-state index is 10.2. The zero-order valence-electron chi connectivity index (χ0n) is 32.2. The average molecular weight is 709 g/mol. The monoisotopic (exact) mass is 709 g/mol. The smallest absolute Gasteiger partial charge is 0.306 e. The molecule has 0 aromatic carbocycles. The minimum Gasteiger partial charge on any atom is -0.550 e. The van der Waals surface area contributed by atoms with E-state index >= 15 is 0 Å². The molecule has 1 unspecified atom stereocenters. The summed E-state index contributed by atoms with van der Waals surface area (Å²) in [5, 5.41) is 37.2. The van der Waals surface area contributed by atoms with Crippen LogP contribution in [-0.2, 0) is 14.4 Å². The highest BCUT2D eigenvalue weighted by molar-refractivity contribution is 7.76. The Hall–Kier alpha value is -0.770. The number of carboxylic acid groups (broad SMARTS) is 3. The lowest BCUT2D eigenvalue weighted by atomic mass is 9.96. The van der Waals surface area contributed by atoms with Gasteiger partial charge < -0.3 is 30.0 Å². The lowest BCUT2D eigenvalue weighted by Crippen LogP contribution is -2.52. The molecule has 0 aromatic heterocycles. The van der Waals surface area contributed by atoms with Gasteiger partial charge in [-0.05, 0) is 51.4 Å². The van der Waals surface area contributed by atoms with Gasteiger partial charge in [-0.3, -0.25) is 4.79 Å². The molecule has 2 N–H and O–H groups in total. The van der Waals surface area contributed by atoms with Crippen molar-refractivity contribution in [3.63, 3.8) is 0 Å². The van der Waals surface area contributed by atoms with Gasteiger partial charge in [-0.25, -0.2) is 0 Å². The second-order valence-corrected chi connectivity index (χ2v) is 22.7. The van der Waals surface area contributed by atoms with Crippen molar-refractivity contribution in [2.75, 3.05) is 49.3 Å². The van der Waals surface area contributed by atoms with E-state index in [-0.39, 0.29) is 0 Å². The zero-order chi connectivity index (χ0) is 36.6. The molecule has 0 radical (unpaired) electrons. The molecular weight excluding hydrogens is 630 g/mol. The zero-order valence-corrected chi connectivity index (χ0v) is 34.0. The van der Waals surface area contributed by atoms with Crippen molar-refractivity contribution in [3.05, 3.63) is 0 Å². The van der Waals surface area contributed by atoms with Crippen LogP contribution >= 0.6 is 14.5 Å². The first-order chi connectivity index (χ1) is 22.3. The summed E-state index contributed by atoms with van der Waals surface area (Å²) < 4.78 is 0. The van der Waals surface area contributed by atoms with Crippen molar-refractivity contribution >= 4 is 32.4 Å². The van der Waals surface area contributed by atoms with E-state index in [9.17, 15) is 24.6 Å². The molecule has 0 heterocycles. The van der Waals surface area contributed by atoms with Gasteiger partial charge in [0.15, 0.2) is 0 Å². The molecule has 282 valence electrons. The predicted molar refractivity (Wildman–Crippen MR) is 204 cm³/mol. The van der Waals surface area contributed by atoms with E-state index in [2.05, 4.69) is 55.4 Å². The molecule has 0 saturated heterocycles. The van der Waals surface area contributed by atoms with Crippen LogP contribution in [0, 0.1) is 0 Å². The van der Waals surface area contributed by atoms with Crippen molar-refractivity contribution in [2.45, 2.75) is 177 Å². The Morgan fingerprint density at radius 3 is 0.809 bits per heavy atom. The molecule has 0 bridgehead atoms. The van der Waals surface area contributed by atoms with Crippen LogP contribution in [0.5, 0.6) is 0 Å². The highest BCUT2D eigenvalue weighted by atomic mass is 31.2. The summed E-state index contributed by atoms with van der Waals surface area (Å²) >= 11 is 0. The third kappa shape index (κ3) is 27.7. The second kappa shape index (κ2) is 32.4. The third-order valence-electron chi connectivity index (χ3n) is 9.15. The first-order valence-electron chi connectivity index (χ1n) is 19.3. The first-order valence-corrected chi connectivity index (χ1v) is 24.4. The predicted octanol–water partition coefficient (Wildman–Crippen LogP) is 8.49. The molecule has 9 heteroatoms. The van der Waals surface area contributed by atoms with Gasteiger partial charge in [0, 0.05) is 26.9 Å². The van der Waals surface area contributed by atoms with Crippen molar-refractivity contribution in [2.24, 2.45) is 0 Å². The fourth-order valence-corrected chi connectivity index (χ4v) is 16.6. The van der Waals surface area contributed by atoms with Crippen LogP contribution in [0.3, 0.4) is 0 Å². The largest absolute Gasteiger partial charge is 0.550 e. The van der Waals surface area contributed by atoms with Crippen molar-refractivity contribution < 1.29 is 34.8 Å². The summed E-state index contributed by atoms with van der Waals surface area (Å²) in [4.78, 5) is 30.2. The van der Waals surface area contributed by atoms with Crippen molar-refractivity contribution in [1.29, 1.82) is 0 Å². The summed E-state index contributed by atoms with van der Waals surface area (Å²) in [6.45, 7) is 18.8. The number of hydrogen-bond acceptors (Lipinski definition) is 6. The number of aliphatic hydroxyl groups is 1. The fraction of sp³-hybridized carbons (Fsp3) is 0.921. The van der Waals surface area contributed by atoms with E-state index in [0.29, 0.717) is 0 Å². The van der Waals surface area contributed by atoms with Gasteiger partial charge in [-0.15, -0.1) is 0 Å². The molecule has 0 aliphatic heterocycles. The van der Waals surface area contributed by atoms with Crippen LogP contribution in [0.4, 0.5) is 0 Å². The summed E-state index contributed by atoms with van der Waals surface area (Å²) in [7, 11) is -1.12. The highest BCUT2D eigenvalue weighted by Gasteiger charge is 2.35. The van der Waals surface area contributed by atoms with Gasteiger partial charge in [-0.1, -0.05) is 107 Å². The number of aliphatic carboxylic acids is 3. The van der Waals surface area contributed by atoms with E-state index < -0.39 is 50.9 Å². The molecule has 47 heavy (non-hydrogen) atoms. The minimum atomic E-state index is -2.91. The average Bonchev–Trinajstić information content (AvgIpc) is 3.03. The molecule has 0 spiro atoms. The Balaban J connectivity index is -0.000000625. The fourth-order valence-electron chi connectivity index (χ4n) is 5.99. The second-order valence-electron chi connectivity index (χ2n) is 13.7. The Bertz CT molecular complexity index is 633. The maximum absolute atomic E-state index is 10.2. The number of carbonyl (C=O) groups is 3. The van der Waals surface area contributed by atoms with Crippen LogP contribution in [0.2, 0.25) is 0 Å². The molecule has 0 rings (SSSR count). The Morgan fingerprint density at radius 2 is 0.681 bits per heavy atom. The lowest BCUT2D eigenvalue weighted by molar-refractivity contribution is -0.333. The summed E-state index contributed by atoms with van der Waals surface area (Å²) in [6, 6.07) is 0. The maximum Gasteiger partial charge on any atom is 0.306 e. The molecule has 0 amide bonds. The Kier molecular flexibility index (Phi) is 34.9. The van der Waals surface area contributed by atoms with Crippen molar-refractivity contribution in [3.8, 4) is 0 Å². The van der Waals surface area contributed by atoms with Crippen LogP contribution in [-0.4, -0.2) is 83.0 Å². The summed E-state index contributed by atoms with van der Waals surface area (Å²) in [6.07, 6.45) is 33.3. The van der Waals surface area contributed by atoms with Crippen molar-refractivity contribution in [1.82, 2.24) is 0 Å². The normalized spacial score (nSPS) is 12.7. The first kappa shape index (κ1) is 50.6. The van der Waals surface area contributed by atoms with Crippen LogP contribution in [0.15, 0.2) is 0 Å². The number of carboxylic acids is 3. The van der Waals surface area contributed by atoms with E-state index in [1.54, 1.807) is 49.3 Å². The standard InChI is InChI=1S/2C16H36P.C6H8O7/c2*1-5-9-13-17(14-10-6-2,15-11-7-3)16-12-8-4;7-3(8)1-6(13,5(11)12)2-4(9)10/h2*5-16H2,1-4H3;13H,1-2H2,(H,7,8)(H,9,10)(H,11,12)/q2*+1;/p-2. The number of hydrogen-bond donors (Lipinski definition) is 2. The third-order valence-corrected chi connectivity index (χ3v) is 19.3. The van der Waals surface area contributed by atoms with Gasteiger partial charge in [0.05, 0.1) is 61.7 Å². The van der Waals surface area contributed by atoms with Gasteiger partial charge in [0.2, 0.25) is 0 Å². The molecule has 1 atom stereocenters. The number of unbranched alkanes of at least 4 members (excludes halogenated alkanes) is 8. The SMILES string of the molecule is CCCC[P+](CCCC)(CCCC)CCCC.CCCC[P+](CCCC)(CCCC)CCCC.O=C([O-])CC(O)(CC(=O)O)C(=O)[O-]. The minimum absolute atomic E-state index is 0.562. The van der Waals surface area contributed by atoms with Crippen LogP contribution in [0.1, 0.15) is 171 Å². The Morgan fingerprint density at radius 1 is 0.468 bits per heavy atom. The molecule has 0 saturated carbocycles. The van der Waals surface area contributed by atoms with Crippen LogP contribution < -0.4 is 10.2 Å². The number of carbonyl (C=O) groups excluding carboxylic acids is 2. The highest BCUT2D eigenvalue weighted by Crippen LogP contribution is 2.62. The van der Waals surface area contributed by atoms with E-state index in [4.69, 9.17) is 10.2 Å². The summed E-state index contributed by atoms with van der Waals surface area (Å²) in [5.74, 6) is -5.67. The van der Waals surface area contributed by atoms with Gasteiger partial charge in [-0.2, -0.15) is 0 Å². The molecular formula is C38H78O7P2. The molecule has 0 aromatic rings. The molecule has 7 nitrogen and oxygen atoms in total. The van der Waals surface area contributed by atoms with Crippen LogP contribution in [0.25, 0.3) is 0 Å². The van der Waals surface area contributed by atoms with E-state index in [0.717, 1.165) is 0 Å². The Labute approximate surface area is 292 Å². The topological polar surface area (TPSA) is 138 Å². The lowest BCUT2D eigenvalue weighted by Gasteiger charge is -2.28. The van der Waals surface area contributed by atoms with E-state index in [1.165, 1.54) is 103 Å². The van der Waals surface area contributed by atoms with Gasteiger partial charge in [0.1, 0.15) is 5.60 Å². The van der Waals surface area contributed by atoms with E-state index in [1.807, 2.05) is 0 Å². The molecule has 0 aliphatic rings.